The summed E-state index contributed by atoms with van der Waals surface area (Å²) < 4.78 is 12.1. The van der Waals surface area contributed by atoms with Crippen LogP contribution in [0.1, 0.15) is 51.8 Å². The molecule has 1 saturated heterocycles. The number of hydrogen-bond donors (Lipinski definition) is 0. The minimum atomic E-state index is -0.353. The molecule has 20 heavy (non-hydrogen) atoms. The molecule has 4 heteroatoms. The summed E-state index contributed by atoms with van der Waals surface area (Å²) in [6.07, 6.45) is 3.92. The summed E-state index contributed by atoms with van der Waals surface area (Å²) >= 11 is 0. The predicted molar refractivity (Wildman–Crippen MR) is 81.1 cm³/mol. The van der Waals surface area contributed by atoms with Crippen molar-refractivity contribution in [2.24, 2.45) is 5.92 Å². The van der Waals surface area contributed by atoms with Crippen molar-refractivity contribution >= 4 is 12.7 Å². The van der Waals surface area contributed by atoms with Gasteiger partial charge < -0.3 is 9.31 Å². The molecule has 1 aliphatic heterocycles. The quantitative estimate of drug-likeness (QED) is 0.793. The van der Waals surface area contributed by atoms with Gasteiger partial charge in [-0.15, -0.1) is 0 Å². The Labute approximate surface area is 122 Å². The molecule has 2 heterocycles. The highest BCUT2D eigenvalue weighted by Gasteiger charge is 2.52. The summed E-state index contributed by atoms with van der Waals surface area (Å²) in [5, 5.41) is 0. The minimum Gasteiger partial charge on any atom is -0.398 e. The van der Waals surface area contributed by atoms with Crippen LogP contribution in [-0.2, 0) is 15.7 Å². The largest absolute Gasteiger partial charge is 0.514 e. The second-order valence-corrected chi connectivity index (χ2v) is 7.22. The summed E-state index contributed by atoms with van der Waals surface area (Å²) in [6, 6.07) is 4.26. The number of hydrogen-bond acceptors (Lipinski definition) is 3. The fraction of sp³-hybridized carbons (Fsp3) is 0.688. The molecule has 2 aliphatic rings. The Kier molecular flexibility index (Phi) is 3.22. The van der Waals surface area contributed by atoms with Crippen molar-refractivity contribution in [2.45, 2.75) is 65.1 Å². The van der Waals surface area contributed by atoms with Gasteiger partial charge in [0.1, 0.15) is 0 Å². The van der Waals surface area contributed by atoms with Gasteiger partial charge in [0.2, 0.25) is 0 Å². The molecule has 1 saturated carbocycles. The van der Waals surface area contributed by atoms with E-state index >= 15 is 0 Å². The molecule has 108 valence electrons. The maximum absolute atomic E-state index is 6.05. The smallest absolute Gasteiger partial charge is 0.398 e. The fourth-order valence-corrected chi connectivity index (χ4v) is 2.55. The molecule has 0 unspecified atom stereocenters. The molecule has 0 N–H and O–H groups in total. The molecule has 0 bridgehead atoms. The van der Waals surface area contributed by atoms with Gasteiger partial charge in [-0.3, -0.25) is 4.98 Å². The third kappa shape index (κ3) is 2.51. The van der Waals surface area contributed by atoms with E-state index in [0.717, 1.165) is 17.2 Å². The topological polar surface area (TPSA) is 31.4 Å². The standard InChI is InChI=1S/C16H24BNO2/c1-11-13(10-12-6-7-12)8-9-14(18-11)17-19-15(2,3)16(4,5)20-17/h8-9,12H,6-7,10H2,1-5H3. The first-order chi connectivity index (χ1) is 9.28. The Hall–Kier alpha value is -0.865. The van der Waals surface area contributed by atoms with Gasteiger partial charge in [0.15, 0.2) is 0 Å². The van der Waals surface area contributed by atoms with Crippen molar-refractivity contribution < 1.29 is 9.31 Å². The number of aryl methyl sites for hydroxylation is 1. The van der Waals surface area contributed by atoms with Gasteiger partial charge in [-0.1, -0.05) is 6.07 Å². The van der Waals surface area contributed by atoms with Gasteiger partial charge in [-0.05, 0) is 71.4 Å². The van der Waals surface area contributed by atoms with Crippen LogP contribution in [-0.4, -0.2) is 23.3 Å². The van der Waals surface area contributed by atoms with Crippen LogP contribution < -0.4 is 5.59 Å². The van der Waals surface area contributed by atoms with Crippen molar-refractivity contribution in [3.05, 3.63) is 23.4 Å². The van der Waals surface area contributed by atoms with E-state index in [1.54, 1.807) is 0 Å². The molecule has 0 radical (unpaired) electrons. The van der Waals surface area contributed by atoms with E-state index in [4.69, 9.17) is 14.3 Å². The van der Waals surface area contributed by atoms with Crippen molar-refractivity contribution in [3.8, 4) is 0 Å². The third-order valence-corrected chi connectivity index (χ3v) is 4.92. The van der Waals surface area contributed by atoms with Crippen LogP contribution >= 0.6 is 0 Å². The van der Waals surface area contributed by atoms with E-state index in [2.05, 4.69) is 46.8 Å². The Morgan fingerprint density at radius 2 is 1.75 bits per heavy atom. The van der Waals surface area contributed by atoms with E-state index in [0.29, 0.717) is 0 Å². The lowest BCUT2D eigenvalue weighted by molar-refractivity contribution is 0.00578. The highest BCUT2D eigenvalue weighted by Crippen LogP contribution is 2.36. The molecular weight excluding hydrogens is 249 g/mol. The van der Waals surface area contributed by atoms with Gasteiger partial charge >= 0.3 is 7.12 Å². The zero-order chi connectivity index (χ0) is 14.5. The lowest BCUT2D eigenvalue weighted by Gasteiger charge is -2.32. The first kappa shape index (κ1) is 14.1. The highest BCUT2D eigenvalue weighted by atomic mass is 16.7. The monoisotopic (exact) mass is 273 g/mol. The number of nitrogens with zero attached hydrogens (tertiary/aromatic N) is 1. The van der Waals surface area contributed by atoms with E-state index in [1.165, 1.54) is 24.8 Å². The normalized spacial score (nSPS) is 24.1. The van der Waals surface area contributed by atoms with Crippen LogP contribution in [0, 0.1) is 12.8 Å². The molecule has 1 aromatic rings. The SMILES string of the molecule is Cc1nc(B2OC(C)(C)C(C)(C)O2)ccc1CC1CC1. The van der Waals surface area contributed by atoms with E-state index in [1.807, 2.05) is 0 Å². The van der Waals surface area contributed by atoms with Crippen LogP contribution in [0.5, 0.6) is 0 Å². The van der Waals surface area contributed by atoms with Crippen LogP contribution in [0.2, 0.25) is 0 Å². The molecule has 2 fully saturated rings. The van der Waals surface area contributed by atoms with Crippen molar-refractivity contribution in [3.63, 3.8) is 0 Å². The first-order valence-electron chi connectivity index (χ1n) is 7.60. The average Bonchev–Trinajstić information content (AvgIpc) is 3.10. The predicted octanol–water partition coefficient (Wildman–Crippen LogP) is 2.64. The second-order valence-electron chi connectivity index (χ2n) is 7.22. The summed E-state index contributed by atoms with van der Waals surface area (Å²) in [5.41, 5.74) is 2.76. The molecule has 3 rings (SSSR count). The molecule has 3 nitrogen and oxygen atoms in total. The zero-order valence-electron chi connectivity index (χ0n) is 13.2. The first-order valence-corrected chi connectivity index (χ1v) is 7.60. The number of aromatic nitrogens is 1. The Balaban J connectivity index is 1.79. The number of pyridine rings is 1. The van der Waals surface area contributed by atoms with Crippen molar-refractivity contribution in [1.29, 1.82) is 0 Å². The Morgan fingerprint density at radius 1 is 1.15 bits per heavy atom. The van der Waals surface area contributed by atoms with Crippen LogP contribution in [0.3, 0.4) is 0 Å². The number of rotatable bonds is 3. The molecule has 1 aromatic heterocycles. The summed E-state index contributed by atoms with van der Waals surface area (Å²) in [6.45, 7) is 10.4. The summed E-state index contributed by atoms with van der Waals surface area (Å²) in [5.74, 6) is 0.887. The lowest BCUT2D eigenvalue weighted by atomic mass is 9.83. The van der Waals surface area contributed by atoms with Gasteiger partial charge in [0, 0.05) is 5.69 Å². The van der Waals surface area contributed by atoms with Gasteiger partial charge in [-0.25, -0.2) is 0 Å². The second kappa shape index (κ2) is 4.57. The van der Waals surface area contributed by atoms with Gasteiger partial charge in [-0.2, -0.15) is 0 Å². The molecule has 0 amide bonds. The van der Waals surface area contributed by atoms with Crippen LogP contribution in [0.4, 0.5) is 0 Å². The highest BCUT2D eigenvalue weighted by molar-refractivity contribution is 6.61. The molecule has 0 spiro atoms. The molecular formula is C16H24BNO2. The Morgan fingerprint density at radius 3 is 2.25 bits per heavy atom. The lowest BCUT2D eigenvalue weighted by Crippen LogP contribution is -2.41. The van der Waals surface area contributed by atoms with Gasteiger partial charge in [0.25, 0.3) is 0 Å². The summed E-state index contributed by atoms with van der Waals surface area (Å²) in [7, 11) is -0.353. The van der Waals surface area contributed by atoms with Crippen LogP contribution in [0.25, 0.3) is 0 Å². The van der Waals surface area contributed by atoms with E-state index in [9.17, 15) is 0 Å². The summed E-state index contributed by atoms with van der Waals surface area (Å²) in [4.78, 5) is 4.72. The van der Waals surface area contributed by atoms with Gasteiger partial charge in [0.05, 0.1) is 16.8 Å². The Bertz CT molecular complexity index is 507. The minimum absolute atomic E-state index is 0.306. The zero-order valence-corrected chi connectivity index (χ0v) is 13.2. The third-order valence-electron chi connectivity index (χ3n) is 4.92. The maximum Gasteiger partial charge on any atom is 0.514 e. The van der Waals surface area contributed by atoms with Crippen molar-refractivity contribution in [1.82, 2.24) is 4.98 Å². The fourth-order valence-electron chi connectivity index (χ4n) is 2.55. The molecule has 0 atom stereocenters. The van der Waals surface area contributed by atoms with Crippen LogP contribution in [0.15, 0.2) is 12.1 Å². The van der Waals surface area contributed by atoms with E-state index < -0.39 is 0 Å². The maximum atomic E-state index is 6.05. The average molecular weight is 273 g/mol. The molecule has 0 aromatic carbocycles. The van der Waals surface area contributed by atoms with E-state index in [-0.39, 0.29) is 18.3 Å². The van der Waals surface area contributed by atoms with Crippen molar-refractivity contribution in [2.75, 3.05) is 0 Å². The molecule has 1 aliphatic carbocycles.